The van der Waals surface area contributed by atoms with Gasteiger partial charge in [-0.15, -0.1) is 0 Å². The second-order valence-electron chi connectivity index (χ2n) is 4.72. The van der Waals surface area contributed by atoms with Crippen LogP contribution in [0.2, 0.25) is 5.02 Å². The summed E-state index contributed by atoms with van der Waals surface area (Å²) in [5.74, 6) is 1.08. The molecule has 0 radical (unpaired) electrons. The van der Waals surface area contributed by atoms with Crippen LogP contribution in [0.1, 0.15) is 23.2 Å². The molecule has 0 atom stereocenters. The van der Waals surface area contributed by atoms with E-state index in [1.807, 2.05) is 18.2 Å². The Hall–Kier alpha value is -1.65. The Morgan fingerprint density at radius 1 is 1.30 bits per heavy atom. The molecule has 0 fully saturated rings. The average molecular weight is 305 g/mol. The number of hydrogen-bond donors (Lipinski definition) is 1. The average Bonchev–Trinajstić information content (AvgIpc) is 2.84. The molecule has 0 saturated heterocycles. The minimum absolute atomic E-state index is 0.296. The van der Waals surface area contributed by atoms with Crippen LogP contribution in [0.25, 0.3) is 0 Å². The first-order chi connectivity index (χ1) is 9.63. The van der Waals surface area contributed by atoms with Crippen LogP contribution in [0.4, 0.5) is 0 Å². The largest absolute Gasteiger partial charge is 0.438 e. The molecule has 0 spiro atoms. The fraction of sp³-hybridized carbons (Fsp3) is 0.200. The maximum absolute atomic E-state index is 5.96. The Morgan fingerprint density at radius 2 is 2.15 bits per heavy atom. The van der Waals surface area contributed by atoms with Crippen molar-refractivity contribution in [3.8, 4) is 11.6 Å². The fourth-order valence-electron chi connectivity index (χ4n) is 2.35. The summed E-state index contributed by atoms with van der Waals surface area (Å²) in [6.45, 7) is 0. The molecule has 0 unspecified atom stereocenters. The van der Waals surface area contributed by atoms with Gasteiger partial charge in [-0.2, -0.15) is 0 Å². The van der Waals surface area contributed by atoms with Gasteiger partial charge in [-0.1, -0.05) is 29.9 Å². The third kappa shape index (κ3) is 2.62. The smallest absolute Gasteiger partial charge is 0.229 e. The second-order valence-corrected chi connectivity index (χ2v) is 5.60. The molecule has 1 aliphatic carbocycles. The van der Waals surface area contributed by atoms with Gasteiger partial charge in [0.15, 0.2) is 0 Å². The molecule has 0 bridgehead atoms. The topological polar surface area (TPSA) is 48.1 Å². The van der Waals surface area contributed by atoms with Crippen molar-refractivity contribution >= 4 is 28.8 Å². The lowest BCUT2D eigenvalue weighted by molar-refractivity contribution is 0.460. The molecule has 3 rings (SSSR count). The van der Waals surface area contributed by atoms with Gasteiger partial charge < -0.3 is 10.5 Å². The number of halogens is 1. The number of thiocarbonyl (C=S) groups is 1. The molecule has 1 aliphatic rings. The van der Waals surface area contributed by atoms with Crippen LogP contribution >= 0.6 is 23.8 Å². The first-order valence-corrected chi connectivity index (χ1v) is 7.18. The van der Waals surface area contributed by atoms with Crippen molar-refractivity contribution in [1.29, 1.82) is 0 Å². The Bertz CT molecular complexity index is 688. The summed E-state index contributed by atoms with van der Waals surface area (Å²) < 4.78 is 5.81. The van der Waals surface area contributed by atoms with E-state index in [9.17, 15) is 0 Å². The lowest BCUT2D eigenvalue weighted by atomic mass is 10.1. The lowest BCUT2D eigenvalue weighted by Gasteiger charge is -2.11. The van der Waals surface area contributed by atoms with Crippen molar-refractivity contribution < 1.29 is 4.74 Å². The van der Waals surface area contributed by atoms with E-state index in [-0.39, 0.29) is 0 Å². The van der Waals surface area contributed by atoms with E-state index >= 15 is 0 Å². The van der Waals surface area contributed by atoms with Gasteiger partial charge in [-0.05, 0) is 49.1 Å². The van der Waals surface area contributed by atoms with Crippen molar-refractivity contribution in [2.45, 2.75) is 19.3 Å². The zero-order chi connectivity index (χ0) is 14.1. The molecule has 2 N–H and O–H groups in total. The van der Waals surface area contributed by atoms with E-state index < -0.39 is 0 Å². The molecule has 1 aromatic heterocycles. The van der Waals surface area contributed by atoms with Crippen LogP contribution in [0.3, 0.4) is 0 Å². The zero-order valence-corrected chi connectivity index (χ0v) is 12.3. The number of aromatic nitrogens is 1. The highest BCUT2D eigenvalue weighted by molar-refractivity contribution is 7.80. The molecule has 3 nitrogen and oxygen atoms in total. The van der Waals surface area contributed by atoms with Gasteiger partial charge >= 0.3 is 0 Å². The van der Waals surface area contributed by atoms with Gasteiger partial charge in [0.25, 0.3) is 0 Å². The molecule has 20 heavy (non-hydrogen) atoms. The number of aryl methyl sites for hydroxylation is 2. The summed E-state index contributed by atoms with van der Waals surface area (Å²) >= 11 is 11.1. The van der Waals surface area contributed by atoms with Gasteiger partial charge in [0.1, 0.15) is 10.7 Å². The molecule has 0 saturated carbocycles. The van der Waals surface area contributed by atoms with Crippen LogP contribution in [-0.2, 0) is 12.8 Å². The Morgan fingerprint density at radius 3 is 2.90 bits per heavy atom. The summed E-state index contributed by atoms with van der Waals surface area (Å²) in [5.41, 5.74) is 8.74. The van der Waals surface area contributed by atoms with Crippen LogP contribution in [-0.4, -0.2) is 9.97 Å². The maximum Gasteiger partial charge on any atom is 0.229 e. The first kappa shape index (κ1) is 13.3. The van der Waals surface area contributed by atoms with Gasteiger partial charge in [-0.25, -0.2) is 4.98 Å². The summed E-state index contributed by atoms with van der Waals surface area (Å²) in [6.07, 6.45) is 3.11. The number of hydrogen-bond acceptors (Lipinski definition) is 3. The van der Waals surface area contributed by atoms with Crippen LogP contribution in [0.15, 0.2) is 30.3 Å². The van der Waals surface area contributed by atoms with Crippen molar-refractivity contribution in [3.05, 3.63) is 52.2 Å². The van der Waals surface area contributed by atoms with Gasteiger partial charge in [0.2, 0.25) is 5.88 Å². The van der Waals surface area contributed by atoms with E-state index in [1.54, 1.807) is 12.1 Å². The predicted octanol–water partition coefficient (Wildman–Crippen LogP) is 3.65. The Kier molecular flexibility index (Phi) is 3.59. The highest BCUT2D eigenvalue weighted by Crippen LogP contribution is 2.30. The van der Waals surface area contributed by atoms with Crippen molar-refractivity contribution in [3.63, 3.8) is 0 Å². The lowest BCUT2D eigenvalue weighted by Crippen LogP contribution is -2.13. The number of nitrogens with zero attached hydrogens (tertiary/aromatic N) is 1. The molecule has 1 heterocycles. The number of rotatable bonds is 3. The normalized spacial score (nSPS) is 13.1. The van der Waals surface area contributed by atoms with E-state index in [2.05, 4.69) is 4.98 Å². The summed E-state index contributed by atoms with van der Waals surface area (Å²) in [5, 5.41) is 0.612. The zero-order valence-electron chi connectivity index (χ0n) is 10.7. The molecule has 1 aromatic carbocycles. The van der Waals surface area contributed by atoms with Crippen molar-refractivity contribution in [2.24, 2.45) is 5.73 Å². The number of nitrogens with two attached hydrogens (primary N) is 1. The maximum atomic E-state index is 5.96. The first-order valence-electron chi connectivity index (χ1n) is 6.39. The van der Waals surface area contributed by atoms with E-state index in [0.29, 0.717) is 27.2 Å². The standard InChI is InChI=1S/C15H13ClN2OS/c16-10-4-2-5-11(8-10)19-15-12(14(17)20)7-9-3-1-6-13(9)18-15/h2,4-5,7-8H,1,3,6H2,(H2,17,20). The number of pyridine rings is 1. The second kappa shape index (κ2) is 5.38. The Labute approximate surface area is 127 Å². The van der Waals surface area contributed by atoms with Gasteiger partial charge in [-0.3, -0.25) is 0 Å². The third-order valence-electron chi connectivity index (χ3n) is 3.29. The third-order valence-corrected chi connectivity index (χ3v) is 3.75. The Balaban J connectivity index is 2.01. The fourth-order valence-corrected chi connectivity index (χ4v) is 2.68. The van der Waals surface area contributed by atoms with Crippen LogP contribution < -0.4 is 10.5 Å². The summed E-state index contributed by atoms with van der Waals surface area (Å²) in [7, 11) is 0. The predicted molar refractivity (Wildman–Crippen MR) is 83.7 cm³/mol. The highest BCUT2D eigenvalue weighted by Gasteiger charge is 2.19. The van der Waals surface area contributed by atoms with Gasteiger partial charge in [0, 0.05) is 10.7 Å². The van der Waals surface area contributed by atoms with E-state index in [4.69, 9.17) is 34.3 Å². The molecular formula is C15H13ClN2OS. The van der Waals surface area contributed by atoms with E-state index in [0.717, 1.165) is 25.0 Å². The number of benzene rings is 1. The van der Waals surface area contributed by atoms with Crippen LogP contribution in [0.5, 0.6) is 11.6 Å². The van der Waals surface area contributed by atoms with Gasteiger partial charge in [0.05, 0.1) is 5.56 Å². The molecule has 2 aromatic rings. The molecular weight excluding hydrogens is 292 g/mol. The molecule has 0 amide bonds. The summed E-state index contributed by atoms with van der Waals surface area (Å²) in [6, 6.07) is 9.17. The SMILES string of the molecule is NC(=S)c1cc2c(nc1Oc1cccc(Cl)c1)CCC2. The minimum atomic E-state index is 0.296. The van der Waals surface area contributed by atoms with Crippen molar-refractivity contribution in [2.75, 3.05) is 0 Å². The number of fused-ring (bicyclic) bond motifs is 1. The molecule has 102 valence electrons. The highest BCUT2D eigenvalue weighted by atomic mass is 35.5. The van der Waals surface area contributed by atoms with Crippen LogP contribution in [0, 0.1) is 0 Å². The van der Waals surface area contributed by atoms with Crippen molar-refractivity contribution in [1.82, 2.24) is 4.98 Å². The molecule has 5 heteroatoms. The summed E-state index contributed by atoms with van der Waals surface area (Å²) in [4.78, 5) is 4.86. The van der Waals surface area contributed by atoms with E-state index in [1.165, 1.54) is 5.56 Å². The molecule has 0 aliphatic heterocycles. The monoisotopic (exact) mass is 304 g/mol. The number of ether oxygens (including phenoxy) is 1. The minimum Gasteiger partial charge on any atom is -0.438 e. The quantitative estimate of drug-likeness (QED) is 0.879.